The predicted octanol–water partition coefficient (Wildman–Crippen LogP) is 7.82. The number of carbonyl (C=O) groups is 1. The van der Waals surface area contributed by atoms with E-state index < -0.39 is 0 Å². The Balaban J connectivity index is 1.83. The van der Waals surface area contributed by atoms with Gasteiger partial charge in [-0.15, -0.1) is 0 Å². The Labute approximate surface area is 193 Å². The molecule has 0 atom stereocenters. The Kier molecular flexibility index (Phi) is 8.86. The minimum Gasteiger partial charge on any atom is -0.462 e. The van der Waals surface area contributed by atoms with Gasteiger partial charge >= 0.3 is 5.97 Å². The first-order valence-corrected chi connectivity index (χ1v) is 11.7. The zero-order valence-electron chi connectivity index (χ0n) is 19.6. The van der Waals surface area contributed by atoms with Crippen molar-refractivity contribution in [1.29, 1.82) is 0 Å². The third-order valence-corrected chi connectivity index (χ3v) is 5.75. The van der Waals surface area contributed by atoms with E-state index in [4.69, 9.17) is 4.74 Å². The van der Waals surface area contributed by atoms with Crippen LogP contribution in [0.15, 0.2) is 72.8 Å². The first kappa shape index (κ1) is 23.5. The fourth-order valence-electron chi connectivity index (χ4n) is 3.94. The maximum atomic E-state index is 13.1. The molecular weight excluding hydrogens is 392 g/mol. The van der Waals surface area contributed by atoms with Crippen LogP contribution in [0, 0.1) is 13.8 Å². The summed E-state index contributed by atoms with van der Waals surface area (Å²) in [5.41, 5.74) is 7.55. The quantitative estimate of drug-likeness (QED) is 0.188. The minimum absolute atomic E-state index is 0.245. The SMILES string of the molecule is CCCCC/C(=C/c1ccccc1)c1c(C)cccc1C(=O)OCCc1ccc(C)cc1. The van der Waals surface area contributed by atoms with Gasteiger partial charge in [0.25, 0.3) is 0 Å². The topological polar surface area (TPSA) is 26.3 Å². The molecule has 0 aliphatic rings. The van der Waals surface area contributed by atoms with E-state index in [2.05, 4.69) is 69.3 Å². The summed E-state index contributed by atoms with van der Waals surface area (Å²) in [5.74, 6) is -0.245. The van der Waals surface area contributed by atoms with E-state index in [1.165, 1.54) is 29.5 Å². The molecule has 0 radical (unpaired) electrons. The van der Waals surface area contributed by atoms with Gasteiger partial charge in [-0.1, -0.05) is 98.1 Å². The van der Waals surface area contributed by atoms with Gasteiger partial charge in [-0.2, -0.15) is 0 Å². The van der Waals surface area contributed by atoms with Gasteiger partial charge in [0, 0.05) is 6.42 Å². The van der Waals surface area contributed by atoms with Gasteiger partial charge in [0.05, 0.1) is 12.2 Å². The third-order valence-electron chi connectivity index (χ3n) is 5.75. The highest BCUT2D eigenvalue weighted by Crippen LogP contribution is 2.30. The monoisotopic (exact) mass is 426 g/mol. The van der Waals surface area contributed by atoms with E-state index in [1.807, 2.05) is 30.3 Å². The van der Waals surface area contributed by atoms with Crippen molar-refractivity contribution in [2.75, 3.05) is 6.61 Å². The van der Waals surface area contributed by atoms with Crippen LogP contribution < -0.4 is 0 Å². The third kappa shape index (κ3) is 6.68. The van der Waals surface area contributed by atoms with Gasteiger partial charge in [0.2, 0.25) is 0 Å². The van der Waals surface area contributed by atoms with Crippen molar-refractivity contribution in [3.05, 3.63) is 106 Å². The van der Waals surface area contributed by atoms with Gasteiger partial charge in [-0.05, 0) is 60.6 Å². The molecule has 3 aromatic carbocycles. The number of aryl methyl sites for hydroxylation is 2. The molecule has 3 rings (SSSR count). The standard InChI is InChI=1S/C30H34O2/c1-4-5-7-14-27(22-26-12-8-6-9-13-26)29-24(3)11-10-15-28(29)30(31)32-21-20-25-18-16-23(2)17-19-25/h6,8-13,15-19,22H,4-5,7,14,20-21H2,1-3H3/b27-22-. The Morgan fingerprint density at radius 2 is 1.62 bits per heavy atom. The number of hydrogen-bond donors (Lipinski definition) is 0. The molecule has 0 unspecified atom stereocenters. The normalized spacial score (nSPS) is 11.4. The van der Waals surface area contributed by atoms with Gasteiger partial charge in [0.15, 0.2) is 0 Å². The lowest BCUT2D eigenvalue weighted by molar-refractivity contribution is 0.0509. The lowest BCUT2D eigenvalue weighted by Crippen LogP contribution is -2.11. The first-order chi connectivity index (χ1) is 15.6. The van der Waals surface area contributed by atoms with Crippen LogP contribution in [0.1, 0.15) is 70.8 Å². The number of rotatable bonds is 10. The van der Waals surface area contributed by atoms with Crippen LogP contribution in [0.4, 0.5) is 0 Å². The number of unbranched alkanes of at least 4 members (excludes halogenated alkanes) is 2. The van der Waals surface area contributed by atoms with Crippen LogP contribution >= 0.6 is 0 Å². The maximum Gasteiger partial charge on any atom is 0.338 e. The second-order valence-corrected chi connectivity index (χ2v) is 8.41. The molecule has 32 heavy (non-hydrogen) atoms. The van der Waals surface area contributed by atoms with Crippen LogP contribution in [0.25, 0.3) is 11.6 Å². The van der Waals surface area contributed by atoms with Gasteiger partial charge < -0.3 is 4.74 Å². The molecule has 0 heterocycles. The van der Waals surface area contributed by atoms with Crippen molar-refractivity contribution in [3.8, 4) is 0 Å². The van der Waals surface area contributed by atoms with E-state index in [0.717, 1.165) is 36.0 Å². The maximum absolute atomic E-state index is 13.1. The van der Waals surface area contributed by atoms with E-state index in [9.17, 15) is 4.79 Å². The van der Waals surface area contributed by atoms with Crippen LogP contribution in [0.2, 0.25) is 0 Å². The average molecular weight is 427 g/mol. The van der Waals surface area contributed by atoms with Crippen molar-refractivity contribution in [2.45, 2.75) is 52.9 Å². The summed E-state index contributed by atoms with van der Waals surface area (Å²) in [5, 5.41) is 0. The number of carbonyl (C=O) groups excluding carboxylic acids is 1. The highest BCUT2D eigenvalue weighted by molar-refractivity contribution is 5.98. The molecule has 0 spiro atoms. The molecule has 0 saturated heterocycles. The molecule has 0 bridgehead atoms. The van der Waals surface area contributed by atoms with Crippen LogP contribution in [-0.4, -0.2) is 12.6 Å². The van der Waals surface area contributed by atoms with E-state index in [-0.39, 0.29) is 5.97 Å². The summed E-state index contributed by atoms with van der Waals surface area (Å²) in [7, 11) is 0. The predicted molar refractivity (Wildman–Crippen MR) is 135 cm³/mol. The van der Waals surface area contributed by atoms with E-state index >= 15 is 0 Å². The number of esters is 1. The van der Waals surface area contributed by atoms with Crippen molar-refractivity contribution in [3.63, 3.8) is 0 Å². The molecule has 0 amide bonds. The van der Waals surface area contributed by atoms with Crippen molar-refractivity contribution in [1.82, 2.24) is 0 Å². The molecule has 3 aromatic rings. The number of benzene rings is 3. The highest BCUT2D eigenvalue weighted by Gasteiger charge is 2.18. The molecular formula is C30H34O2. The summed E-state index contributed by atoms with van der Waals surface area (Å²) in [6.45, 7) is 6.75. The molecule has 0 N–H and O–H groups in total. The number of allylic oxidation sites excluding steroid dienone is 1. The Morgan fingerprint density at radius 1 is 0.875 bits per heavy atom. The van der Waals surface area contributed by atoms with Gasteiger partial charge in [-0.25, -0.2) is 4.79 Å². The number of ether oxygens (including phenoxy) is 1. The zero-order chi connectivity index (χ0) is 22.8. The van der Waals surface area contributed by atoms with Gasteiger partial charge in [0.1, 0.15) is 0 Å². The van der Waals surface area contributed by atoms with E-state index in [1.54, 1.807) is 0 Å². The molecule has 2 heteroatoms. The summed E-state index contributed by atoms with van der Waals surface area (Å²) >= 11 is 0. The second kappa shape index (κ2) is 12.0. The lowest BCUT2D eigenvalue weighted by atomic mass is 9.90. The molecule has 0 aliphatic heterocycles. The second-order valence-electron chi connectivity index (χ2n) is 8.41. The smallest absolute Gasteiger partial charge is 0.338 e. The largest absolute Gasteiger partial charge is 0.462 e. The molecule has 0 fully saturated rings. The van der Waals surface area contributed by atoms with Crippen molar-refractivity contribution in [2.24, 2.45) is 0 Å². The molecule has 0 aliphatic carbocycles. The first-order valence-electron chi connectivity index (χ1n) is 11.7. The molecule has 0 saturated carbocycles. The Morgan fingerprint density at radius 3 is 2.34 bits per heavy atom. The average Bonchev–Trinajstić information content (AvgIpc) is 2.80. The molecule has 0 aromatic heterocycles. The summed E-state index contributed by atoms with van der Waals surface area (Å²) in [4.78, 5) is 13.1. The lowest BCUT2D eigenvalue weighted by Gasteiger charge is -2.16. The summed E-state index contributed by atoms with van der Waals surface area (Å²) in [6, 6.07) is 24.6. The van der Waals surface area contributed by atoms with Crippen LogP contribution in [0.5, 0.6) is 0 Å². The molecule has 166 valence electrons. The van der Waals surface area contributed by atoms with Crippen LogP contribution in [-0.2, 0) is 11.2 Å². The highest BCUT2D eigenvalue weighted by atomic mass is 16.5. The Hall–Kier alpha value is -3.13. The fraction of sp³-hybridized carbons (Fsp3) is 0.300. The zero-order valence-corrected chi connectivity index (χ0v) is 19.6. The van der Waals surface area contributed by atoms with Crippen molar-refractivity contribution >= 4 is 17.6 Å². The Bertz CT molecular complexity index is 1030. The summed E-state index contributed by atoms with van der Waals surface area (Å²) in [6.07, 6.45) is 7.33. The minimum atomic E-state index is -0.245. The summed E-state index contributed by atoms with van der Waals surface area (Å²) < 4.78 is 5.72. The van der Waals surface area contributed by atoms with Gasteiger partial charge in [-0.3, -0.25) is 0 Å². The van der Waals surface area contributed by atoms with Crippen LogP contribution in [0.3, 0.4) is 0 Å². The van der Waals surface area contributed by atoms with Crippen molar-refractivity contribution < 1.29 is 9.53 Å². The van der Waals surface area contributed by atoms with E-state index in [0.29, 0.717) is 12.2 Å². The fourth-order valence-corrected chi connectivity index (χ4v) is 3.94. The number of hydrogen-bond acceptors (Lipinski definition) is 2. The molecule has 2 nitrogen and oxygen atoms in total.